The Morgan fingerprint density at radius 3 is 2.83 bits per heavy atom. The summed E-state index contributed by atoms with van der Waals surface area (Å²) >= 11 is 8.55. The van der Waals surface area contributed by atoms with Crippen LogP contribution in [0.4, 0.5) is 5.13 Å². The Kier molecular flexibility index (Phi) is 6.67. The maximum absolute atomic E-state index is 12.7. The summed E-state index contributed by atoms with van der Waals surface area (Å²) in [6.45, 7) is 0. The average Bonchev–Trinajstić information content (AvgIpc) is 3.15. The number of anilines is 1. The Hall–Kier alpha value is -2.28. The lowest BCUT2D eigenvalue weighted by Crippen LogP contribution is -2.18. The fourth-order valence-corrected chi connectivity index (χ4v) is 4.74. The Balaban J connectivity index is 1.85. The molecule has 1 amide bonds. The van der Waals surface area contributed by atoms with Crippen molar-refractivity contribution in [3.05, 3.63) is 46.7 Å². The molecule has 3 rings (SSSR count). The van der Waals surface area contributed by atoms with Gasteiger partial charge in [-0.15, -0.1) is 10.2 Å². The number of carbonyl (C=O) groups excluding carboxylic acids is 1. The molecule has 0 radical (unpaired) electrons. The van der Waals surface area contributed by atoms with Crippen molar-refractivity contribution in [3.63, 3.8) is 0 Å². The lowest BCUT2D eigenvalue weighted by molar-refractivity contribution is 0.102. The molecule has 0 atom stereocenters. The number of amides is 1. The third-order valence-corrected chi connectivity index (χ3v) is 7.06. The number of thioether (sulfide) groups is 1. The van der Waals surface area contributed by atoms with Crippen LogP contribution in [-0.2, 0) is 15.6 Å². The summed E-state index contributed by atoms with van der Waals surface area (Å²) in [6, 6.07) is 6.62. The monoisotopic (exact) mass is 471 g/mol. The van der Waals surface area contributed by atoms with Crippen molar-refractivity contribution in [2.24, 2.45) is 0 Å². The highest BCUT2D eigenvalue weighted by molar-refractivity contribution is 8.00. The zero-order valence-electron chi connectivity index (χ0n) is 15.1. The first kappa shape index (κ1) is 21.4. The van der Waals surface area contributed by atoms with Crippen LogP contribution in [0, 0.1) is 0 Å². The van der Waals surface area contributed by atoms with Crippen molar-refractivity contribution in [3.8, 4) is 5.75 Å². The van der Waals surface area contributed by atoms with E-state index >= 15 is 0 Å². The van der Waals surface area contributed by atoms with Gasteiger partial charge in [-0.3, -0.25) is 10.1 Å². The minimum Gasteiger partial charge on any atom is -0.497 e. The van der Waals surface area contributed by atoms with Gasteiger partial charge in [-0.2, -0.15) is 0 Å². The first-order valence-corrected chi connectivity index (χ1v) is 12.0. The van der Waals surface area contributed by atoms with Gasteiger partial charge in [0.25, 0.3) is 5.91 Å². The van der Waals surface area contributed by atoms with Crippen LogP contribution in [0.5, 0.6) is 5.75 Å². The van der Waals surface area contributed by atoms with E-state index in [9.17, 15) is 13.2 Å². The van der Waals surface area contributed by atoms with Crippen molar-refractivity contribution in [2.45, 2.75) is 15.2 Å². The van der Waals surface area contributed by atoms with Crippen LogP contribution in [-0.4, -0.2) is 47.9 Å². The van der Waals surface area contributed by atoms with Gasteiger partial charge in [-0.05, 0) is 24.0 Å². The van der Waals surface area contributed by atoms with Gasteiger partial charge in [0.15, 0.2) is 10.0 Å². The van der Waals surface area contributed by atoms with Crippen molar-refractivity contribution < 1.29 is 17.9 Å². The van der Waals surface area contributed by atoms with Crippen LogP contribution >= 0.6 is 34.7 Å². The van der Waals surface area contributed by atoms with E-state index in [1.807, 2.05) is 6.26 Å². The van der Waals surface area contributed by atoms with Crippen molar-refractivity contribution >= 4 is 55.6 Å². The molecule has 0 fully saturated rings. The Bertz CT molecular complexity index is 1150. The molecule has 0 spiro atoms. The van der Waals surface area contributed by atoms with E-state index in [-0.39, 0.29) is 21.6 Å². The molecule has 0 aliphatic rings. The van der Waals surface area contributed by atoms with Gasteiger partial charge < -0.3 is 4.74 Å². The largest absolute Gasteiger partial charge is 0.497 e. The average molecular weight is 472 g/mol. The minimum atomic E-state index is -3.93. The zero-order chi connectivity index (χ0) is 21.0. The van der Waals surface area contributed by atoms with Crippen molar-refractivity contribution in [2.75, 3.05) is 18.7 Å². The molecule has 0 saturated carbocycles. The molecule has 1 aromatic carbocycles. The number of sulfone groups is 1. The number of halogens is 1. The Morgan fingerprint density at radius 2 is 2.14 bits per heavy atom. The lowest BCUT2D eigenvalue weighted by atomic mass is 10.2. The number of rotatable bonds is 7. The van der Waals surface area contributed by atoms with E-state index in [1.54, 1.807) is 24.3 Å². The molecular formula is C16H14ClN5O4S3. The molecule has 0 bridgehead atoms. The maximum atomic E-state index is 12.7. The summed E-state index contributed by atoms with van der Waals surface area (Å²) < 4.78 is 31.2. The summed E-state index contributed by atoms with van der Waals surface area (Å²) in [5.41, 5.74) is 0.221. The van der Waals surface area contributed by atoms with Gasteiger partial charge in [0.1, 0.15) is 5.75 Å². The summed E-state index contributed by atoms with van der Waals surface area (Å²) in [4.78, 5) is 20.2. The smallest absolute Gasteiger partial charge is 0.277 e. The van der Waals surface area contributed by atoms with Crippen LogP contribution < -0.4 is 10.1 Å². The first-order valence-electron chi connectivity index (χ1n) is 7.89. The zero-order valence-corrected chi connectivity index (χ0v) is 18.3. The van der Waals surface area contributed by atoms with Crippen LogP contribution in [0.25, 0.3) is 0 Å². The summed E-state index contributed by atoms with van der Waals surface area (Å²) in [5.74, 6) is -0.545. The normalized spacial score (nSPS) is 11.3. The second-order valence-corrected chi connectivity index (χ2v) is 9.81. The fourth-order valence-electron chi connectivity index (χ4n) is 2.21. The predicted octanol–water partition coefficient (Wildman–Crippen LogP) is 2.94. The number of aromatic nitrogens is 4. The number of benzene rings is 1. The molecular weight excluding hydrogens is 458 g/mol. The highest BCUT2D eigenvalue weighted by Gasteiger charge is 2.24. The number of nitrogens with one attached hydrogen (secondary N) is 1. The second kappa shape index (κ2) is 9.03. The number of carbonyl (C=O) groups is 1. The fraction of sp³-hybridized carbons (Fsp3) is 0.188. The molecule has 2 aromatic heterocycles. The molecule has 9 nitrogen and oxygen atoms in total. The maximum Gasteiger partial charge on any atom is 0.277 e. The third-order valence-electron chi connectivity index (χ3n) is 3.51. The quantitative estimate of drug-likeness (QED) is 0.314. The molecule has 2 heterocycles. The van der Waals surface area contributed by atoms with Gasteiger partial charge in [0.05, 0.1) is 24.1 Å². The van der Waals surface area contributed by atoms with E-state index in [2.05, 4.69) is 25.5 Å². The predicted molar refractivity (Wildman–Crippen MR) is 111 cm³/mol. The van der Waals surface area contributed by atoms with E-state index in [1.165, 1.54) is 30.2 Å². The van der Waals surface area contributed by atoms with Crippen LogP contribution in [0.3, 0.4) is 0 Å². The molecule has 13 heteroatoms. The summed E-state index contributed by atoms with van der Waals surface area (Å²) in [6.07, 6.45) is 2.90. The van der Waals surface area contributed by atoms with Crippen LogP contribution in [0.1, 0.15) is 16.1 Å². The molecule has 0 aliphatic carbocycles. The Labute approximate surface area is 179 Å². The lowest BCUT2D eigenvalue weighted by Gasteiger charge is -2.08. The number of nitrogens with zero attached hydrogens (tertiary/aromatic N) is 4. The van der Waals surface area contributed by atoms with Crippen molar-refractivity contribution in [1.82, 2.24) is 20.2 Å². The topological polar surface area (TPSA) is 124 Å². The Morgan fingerprint density at radius 1 is 1.34 bits per heavy atom. The third kappa shape index (κ3) is 5.21. The summed E-state index contributed by atoms with van der Waals surface area (Å²) in [5, 5.41) is 9.85. The first-order chi connectivity index (χ1) is 13.8. The van der Waals surface area contributed by atoms with Gasteiger partial charge in [-0.25, -0.2) is 18.4 Å². The number of ether oxygens (including phenoxy) is 1. The molecule has 1 N–H and O–H groups in total. The van der Waals surface area contributed by atoms with Crippen LogP contribution in [0.2, 0.25) is 5.02 Å². The molecule has 0 saturated heterocycles. The summed E-state index contributed by atoms with van der Waals surface area (Å²) in [7, 11) is -2.44. The van der Waals surface area contributed by atoms with E-state index < -0.39 is 20.9 Å². The van der Waals surface area contributed by atoms with Gasteiger partial charge in [-0.1, -0.05) is 46.8 Å². The second-order valence-electron chi connectivity index (χ2n) is 5.49. The van der Waals surface area contributed by atoms with E-state index in [4.69, 9.17) is 16.3 Å². The highest BCUT2D eigenvalue weighted by Crippen LogP contribution is 2.25. The van der Waals surface area contributed by atoms with Gasteiger partial charge in [0.2, 0.25) is 20.1 Å². The molecule has 0 aliphatic heterocycles. The minimum absolute atomic E-state index is 0.0857. The van der Waals surface area contributed by atoms with Crippen LogP contribution in [0.15, 0.2) is 40.0 Å². The number of hydrogen-bond acceptors (Lipinski definition) is 10. The number of methoxy groups -OCH3 is 1. The van der Waals surface area contributed by atoms with E-state index in [0.717, 1.165) is 6.20 Å². The molecule has 152 valence electrons. The SMILES string of the molecule is COc1cccc(CS(=O)(=O)c2ncc(Cl)c(C(=O)Nc3nnc(SC)s3)n2)c1. The molecule has 3 aromatic rings. The van der Waals surface area contributed by atoms with Crippen molar-refractivity contribution in [1.29, 1.82) is 0 Å². The standard InChI is InChI=1S/C16H14ClN5O4S3/c1-26-10-5-3-4-9(6-10)8-29(24,25)15-18-7-11(17)12(19-15)13(23)20-14-21-22-16(27-2)28-14/h3-7H,8H2,1-2H3,(H,20,21,23). The number of hydrogen-bond donors (Lipinski definition) is 1. The molecule has 29 heavy (non-hydrogen) atoms. The van der Waals surface area contributed by atoms with Gasteiger partial charge >= 0.3 is 0 Å². The van der Waals surface area contributed by atoms with E-state index in [0.29, 0.717) is 15.7 Å². The molecule has 0 unspecified atom stereocenters. The van der Waals surface area contributed by atoms with Gasteiger partial charge in [0, 0.05) is 0 Å². The highest BCUT2D eigenvalue weighted by atomic mass is 35.5.